The molecule has 0 radical (unpaired) electrons. The molecule has 0 fully saturated rings. The molecule has 1 heterocycles. The van der Waals surface area contributed by atoms with Crippen molar-refractivity contribution in [2.24, 2.45) is 0 Å². The summed E-state index contributed by atoms with van der Waals surface area (Å²) in [6.07, 6.45) is 0. The molecule has 0 aliphatic rings. The van der Waals surface area contributed by atoms with Gasteiger partial charge in [-0.05, 0) is 6.92 Å². The number of aromatic hydroxyl groups is 1. The van der Waals surface area contributed by atoms with Crippen LogP contribution < -0.4 is 5.73 Å². The number of anilines is 1. The molecule has 0 aliphatic carbocycles. The predicted molar refractivity (Wildman–Crippen MR) is 39.8 cm³/mol. The van der Waals surface area contributed by atoms with Gasteiger partial charge in [-0.2, -0.15) is 5.26 Å². The summed E-state index contributed by atoms with van der Waals surface area (Å²) in [5, 5.41) is 17.6. The van der Waals surface area contributed by atoms with Gasteiger partial charge in [0.2, 0.25) is 0 Å². The lowest BCUT2D eigenvalue weighted by Gasteiger charge is -1.99. The maximum absolute atomic E-state index is 9.13. The molecule has 0 aliphatic heterocycles. The van der Waals surface area contributed by atoms with Gasteiger partial charge in [-0.25, -0.2) is 4.98 Å². The minimum atomic E-state index is -0.113. The second-order valence-electron chi connectivity index (χ2n) is 2.15. The van der Waals surface area contributed by atoms with Crippen molar-refractivity contribution < 1.29 is 5.11 Å². The second-order valence-corrected chi connectivity index (χ2v) is 2.15. The van der Waals surface area contributed by atoms with Crippen molar-refractivity contribution in [3.8, 4) is 11.8 Å². The standard InChI is InChI=1S/C7H7N3O/c1-4-2-6(11)5(3-8)7(9)10-4/h2H,1H3,(H3,9,10,11). The number of rotatable bonds is 0. The topological polar surface area (TPSA) is 82.9 Å². The summed E-state index contributed by atoms with van der Waals surface area (Å²) >= 11 is 0. The average molecular weight is 149 g/mol. The zero-order valence-electron chi connectivity index (χ0n) is 6.00. The van der Waals surface area contributed by atoms with Crippen LogP contribution in [0.4, 0.5) is 5.82 Å². The molecule has 1 aromatic rings. The van der Waals surface area contributed by atoms with Crippen LogP contribution in [0.25, 0.3) is 0 Å². The molecule has 0 saturated carbocycles. The van der Waals surface area contributed by atoms with Gasteiger partial charge in [0.1, 0.15) is 23.2 Å². The van der Waals surface area contributed by atoms with E-state index in [1.807, 2.05) is 0 Å². The molecular formula is C7H7N3O. The molecule has 11 heavy (non-hydrogen) atoms. The number of aryl methyl sites for hydroxylation is 1. The Bertz CT molecular complexity index is 304. The molecule has 56 valence electrons. The van der Waals surface area contributed by atoms with E-state index in [4.69, 9.17) is 16.1 Å². The van der Waals surface area contributed by atoms with Crippen molar-refractivity contribution in [1.82, 2.24) is 4.98 Å². The lowest BCUT2D eigenvalue weighted by molar-refractivity contribution is 0.472. The highest BCUT2D eigenvalue weighted by Crippen LogP contribution is 2.20. The maximum atomic E-state index is 9.13. The molecule has 0 unspecified atom stereocenters. The minimum absolute atomic E-state index is 0.0376. The lowest BCUT2D eigenvalue weighted by Crippen LogP contribution is -1.96. The summed E-state index contributed by atoms with van der Waals surface area (Å²) in [6.45, 7) is 1.69. The molecule has 0 atom stereocenters. The molecular weight excluding hydrogens is 142 g/mol. The Morgan fingerprint density at radius 1 is 1.73 bits per heavy atom. The number of pyridine rings is 1. The van der Waals surface area contributed by atoms with Gasteiger partial charge in [-0.15, -0.1) is 0 Å². The smallest absolute Gasteiger partial charge is 0.145 e. The zero-order chi connectivity index (χ0) is 8.43. The summed E-state index contributed by atoms with van der Waals surface area (Å²) in [7, 11) is 0. The normalized spacial score (nSPS) is 9.09. The maximum Gasteiger partial charge on any atom is 0.145 e. The van der Waals surface area contributed by atoms with E-state index < -0.39 is 0 Å². The Labute approximate surface area is 63.9 Å². The van der Waals surface area contributed by atoms with E-state index in [1.165, 1.54) is 6.07 Å². The highest BCUT2D eigenvalue weighted by atomic mass is 16.3. The Hall–Kier alpha value is -1.76. The lowest BCUT2D eigenvalue weighted by atomic mass is 10.2. The van der Waals surface area contributed by atoms with Crippen LogP contribution in [0.3, 0.4) is 0 Å². The highest BCUT2D eigenvalue weighted by Gasteiger charge is 2.05. The van der Waals surface area contributed by atoms with Crippen molar-refractivity contribution >= 4 is 5.82 Å². The Morgan fingerprint density at radius 3 is 2.82 bits per heavy atom. The third-order valence-electron chi connectivity index (χ3n) is 1.27. The van der Waals surface area contributed by atoms with Crippen LogP contribution in [0.1, 0.15) is 11.3 Å². The Balaban J connectivity index is 3.40. The van der Waals surface area contributed by atoms with Crippen LogP contribution in [-0.2, 0) is 0 Å². The van der Waals surface area contributed by atoms with Crippen LogP contribution in [0, 0.1) is 18.3 Å². The third-order valence-corrected chi connectivity index (χ3v) is 1.27. The van der Waals surface area contributed by atoms with E-state index in [0.717, 1.165) is 0 Å². The van der Waals surface area contributed by atoms with Crippen LogP contribution in [-0.4, -0.2) is 10.1 Å². The van der Waals surface area contributed by atoms with Gasteiger partial charge < -0.3 is 10.8 Å². The summed E-state index contributed by atoms with van der Waals surface area (Å²) in [5.41, 5.74) is 5.97. The second kappa shape index (κ2) is 2.46. The van der Waals surface area contributed by atoms with E-state index in [0.29, 0.717) is 5.69 Å². The monoisotopic (exact) mass is 149 g/mol. The third kappa shape index (κ3) is 1.22. The number of nitrogen functional groups attached to an aromatic ring is 1. The van der Waals surface area contributed by atoms with E-state index >= 15 is 0 Å². The van der Waals surface area contributed by atoms with Gasteiger partial charge in [0.05, 0.1) is 0 Å². The molecule has 4 heteroatoms. The van der Waals surface area contributed by atoms with Crippen molar-refractivity contribution in [3.63, 3.8) is 0 Å². The van der Waals surface area contributed by atoms with Gasteiger partial charge in [-0.3, -0.25) is 0 Å². The molecule has 3 N–H and O–H groups in total. The minimum Gasteiger partial charge on any atom is -0.506 e. The Kier molecular flexibility index (Phi) is 1.65. The first kappa shape index (κ1) is 7.35. The number of hydrogen-bond acceptors (Lipinski definition) is 4. The fourth-order valence-corrected chi connectivity index (χ4v) is 0.794. The van der Waals surface area contributed by atoms with Crippen LogP contribution in [0.2, 0.25) is 0 Å². The van der Waals surface area contributed by atoms with Crippen LogP contribution in [0.15, 0.2) is 6.07 Å². The fourth-order valence-electron chi connectivity index (χ4n) is 0.794. The van der Waals surface area contributed by atoms with Gasteiger partial charge >= 0.3 is 0 Å². The first-order valence-corrected chi connectivity index (χ1v) is 3.01. The van der Waals surface area contributed by atoms with Crippen LogP contribution in [0.5, 0.6) is 5.75 Å². The average Bonchev–Trinajstić information content (AvgIpc) is 1.85. The molecule has 4 nitrogen and oxygen atoms in total. The summed E-state index contributed by atoms with van der Waals surface area (Å²) < 4.78 is 0. The Morgan fingerprint density at radius 2 is 2.36 bits per heavy atom. The van der Waals surface area contributed by atoms with E-state index in [9.17, 15) is 0 Å². The molecule has 1 rings (SSSR count). The number of nitrogens with two attached hydrogens (primary N) is 1. The van der Waals surface area contributed by atoms with Gasteiger partial charge in [0.15, 0.2) is 0 Å². The van der Waals surface area contributed by atoms with Crippen molar-refractivity contribution in [2.75, 3.05) is 5.73 Å². The van der Waals surface area contributed by atoms with Crippen molar-refractivity contribution in [2.45, 2.75) is 6.92 Å². The molecule has 0 aromatic carbocycles. The molecule has 1 aromatic heterocycles. The predicted octanol–water partition coefficient (Wildman–Crippen LogP) is 0.550. The first-order chi connectivity index (χ1) is 5.15. The van der Waals surface area contributed by atoms with Gasteiger partial charge in [-0.1, -0.05) is 0 Å². The van der Waals surface area contributed by atoms with E-state index in [-0.39, 0.29) is 17.1 Å². The molecule has 0 amide bonds. The number of hydrogen-bond donors (Lipinski definition) is 2. The highest BCUT2D eigenvalue weighted by molar-refractivity contribution is 5.56. The quantitative estimate of drug-likeness (QED) is 0.564. The summed E-state index contributed by atoms with van der Waals surface area (Å²) in [5.74, 6) is -0.0394. The number of nitriles is 1. The number of nitrogens with zero attached hydrogens (tertiary/aromatic N) is 2. The van der Waals surface area contributed by atoms with Crippen LogP contribution >= 0.6 is 0 Å². The SMILES string of the molecule is Cc1cc(O)c(C#N)c(N)n1. The fraction of sp³-hybridized carbons (Fsp3) is 0.143. The van der Waals surface area contributed by atoms with Gasteiger partial charge in [0, 0.05) is 11.8 Å². The molecule has 0 spiro atoms. The van der Waals surface area contributed by atoms with E-state index in [2.05, 4.69) is 4.98 Å². The first-order valence-electron chi connectivity index (χ1n) is 3.01. The van der Waals surface area contributed by atoms with Crippen molar-refractivity contribution in [1.29, 1.82) is 5.26 Å². The van der Waals surface area contributed by atoms with Gasteiger partial charge in [0.25, 0.3) is 0 Å². The molecule has 0 bridgehead atoms. The summed E-state index contributed by atoms with van der Waals surface area (Å²) in [4.78, 5) is 3.80. The summed E-state index contributed by atoms with van der Waals surface area (Å²) in [6, 6.07) is 3.15. The van der Waals surface area contributed by atoms with Crippen molar-refractivity contribution in [3.05, 3.63) is 17.3 Å². The molecule has 0 saturated heterocycles. The largest absolute Gasteiger partial charge is 0.506 e. The number of aromatic nitrogens is 1. The zero-order valence-corrected chi connectivity index (χ0v) is 6.00. The van der Waals surface area contributed by atoms with E-state index in [1.54, 1.807) is 13.0 Å².